The molecule has 1 heterocycles. The molecule has 1 aliphatic rings. The maximum atomic E-state index is 12.8. The predicted molar refractivity (Wildman–Crippen MR) is 121 cm³/mol. The number of benzene rings is 2. The van der Waals surface area contributed by atoms with E-state index < -0.39 is 0 Å². The molecule has 5 nitrogen and oxygen atoms in total. The third-order valence-corrected chi connectivity index (χ3v) is 5.46. The summed E-state index contributed by atoms with van der Waals surface area (Å²) >= 11 is 7.28. The van der Waals surface area contributed by atoms with Crippen LogP contribution in [0.5, 0.6) is 11.5 Å². The van der Waals surface area contributed by atoms with Crippen LogP contribution in [0, 0.1) is 6.92 Å². The van der Waals surface area contributed by atoms with E-state index in [0.717, 1.165) is 22.9 Å². The summed E-state index contributed by atoms with van der Waals surface area (Å²) < 4.78 is 11.2. The van der Waals surface area contributed by atoms with E-state index in [1.165, 1.54) is 4.90 Å². The van der Waals surface area contributed by atoms with Crippen molar-refractivity contribution >= 4 is 40.6 Å². The minimum absolute atomic E-state index is 0.239. The Labute approximate surface area is 185 Å². The van der Waals surface area contributed by atoms with Crippen LogP contribution < -0.4 is 9.47 Å². The predicted octanol–water partition coefficient (Wildman–Crippen LogP) is 5.85. The summed E-state index contributed by atoms with van der Waals surface area (Å²) in [5.74, 6) is 0.563. The Hall–Kier alpha value is -2.70. The van der Waals surface area contributed by atoms with Gasteiger partial charge in [-0.3, -0.25) is 14.5 Å². The highest BCUT2D eigenvalue weighted by Crippen LogP contribution is 2.39. The van der Waals surface area contributed by atoms with Gasteiger partial charge >= 0.3 is 0 Å². The van der Waals surface area contributed by atoms with E-state index in [9.17, 15) is 9.59 Å². The molecule has 0 radical (unpaired) electrons. The summed E-state index contributed by atoms with van der Waals surface area (Å²) in [7, 11) is 0. The third-order valence-electron chi connectivity index (χ3n) is 4.27. The lowest BCUT2D eigenvalue weighted by Gasteiger charge is -2.14. The molecule has 2 aromatic rings. The molecule has 0 atom stereocenters. The molecule has 7 heteroatoms. The molecule has 0 unspecified atom stereocenters. The van der Waals surface area contributed by atoms with Crippen LogP contribution in [0.25, 0.3) is 6.08 Å². The molecular formula is C23H22ClNO4S. The number of halogens is 1. The number of aryl methyl sites for hydroxylation is 1. The number of ether oxygens (including phenoxy) is 2. The van der Waals surface area contributed by atoms with Crippen molar-refractivity contribution in [2.45, 2.75) is 20.4 Å². The molecule has 2 amide bonds. The molecular weight excluding hydrogens is 422 g/mol. The molecule has 0 aliphatic carbocycles. The standard InChI is InChI=1S/C23H22ClNO4S/c1-4-9-29-21-18(24)11-17(12-19(21)28-5-2)13-20-22(26)25(23(27)30-20)14-16-8-6-7-15(3)10-16/h4,6-8,10-13H,1,5,9,14H2,2-3H3/b20-13+. The lowest BCUT2D eigenvalue weighted by molar-refractivity contribution is -0.123. The number of hydrogen-bond acceptors (Lipinski definition) is 5. The average molecular weight is 444 g/mol. The van der Waals surface area contributed by atoms with Crippen molar-refractivity contribution in [3.8, 4) is 11.5 Å². The van der Waals surface area contributed by atoms with Crippen LogP contribution in [-0.4, -0.2) is 29.3 Å². The van der Waals surface area contributed by atoms with E-state index in [-0.39, 0.29) is 24.3 Å². The Bertz CT molecular complexity index is 1020. The number of nitrogens with zero attached hydrogens (tertiary/aromatic N) is 1. The molecule has 1 fully saturated rings. The largest absolute Gasteiger partial charge is 0.490 e. The number of hydrogen-bond donors (Lipinski definition) is 0. The average Bonchev–Trinajstić information content (AvgIpc) is 2.95. The topological polar surface area (TPSA) is 55.8 Å². The van der Waals surface area contributed by atoms with Gasteiger partial charge in [-0.15, -0.1) is 0 Å². The van der Waals surface area contributed by atoms with Crippen molar-refractivity contribution in [3.05, 3.63) is 75.7 Å². The fraction of sp³-hybridized carbons (Fsp3) is 0.217. The zero-order valence-corrected chi connectivity index (χ0v) is 18.4. The first kappa shape index (κ1) is 22.0. The highest BCUT2D eigenvalue weighted by molar-refractivity contribution is 8.18. The first-order valence-corrected chi connectivity index (χ1v) is 10.6. The smallest absolute Gasteiger partial charge is 0.293 e. The molecule has 2 aromatic carbocycles. The van der Waals surface area contributed by atoms with E-state index >= 15 is 0 Å². The molecule has 3 rings (SSSR count). The van der Waals surface area contributed by atoms with Crippen molar-refractivity contribution in [1.29, 1.82) is 0 Å². The number of carbonyl (C=O) groups excluding carboxylic acids is 2. The molecule has 1 aliphatic heterocycles. The van der Waals surface area contributed by atoms with Crippen LogP contribution in [0.2, 0.25) is 5.02 Å². The number of amides is 2. The highest BCUT2D eigenvalue weighted by Gasteiger charge is 2.35. The third kappa shape index (κ3) is 5.07. The van der Waals surface area contributed by atoms with E-state index in [1.54, 1.807) is 24.3 Å². The molecule has 0 aromatic heterocycles. The molecule has 0 N–H and O–H groups in total. The normalized spacial score (nSPS) is 15.0. The molecule has 156 valence electrons. The summed E-state index contributed by atoms with van der Waals surface area (Å²) in [6, 6.07) is 11.2. The number of imide groups is 1. The van der Waals surface area contributed by atoms with Gasteiger partial charge in [0.15, 0.2) is 11.5 Å². The van der Waals surface area contributed by atoms with Crippen LogP contribution in [0.1, 0.15) is 23.6 Å². The number of carbonyl (C=O) groups is 2. The second kappa shape index (κ2) is 9.87. The first-order chi connectivity index (χ1) is 14.4. The van der Waals surface area contributed by atoms with Gasteiger partial charge in [-0.1, -0.05) is 54.1 Å². The second-order valence-corrected chi connectivity index (χ2v) is 8.02. The minimum atomic E-state index is -0.326. The van der Waals surface area contributed by atoms with Gasteiger partial charge in [-0.05, 0) is 54.9 Å². The summed E-state index contributed by atoms with van der Waals surface area (Å²) in [6.45, 7) is 8.41. The van der Waals surface area contributed by atoms with Crippen molar-refractivity contribution in [3.63, 3.8) is 0 Å². The van der Waals surface area contributed by atoms with Crippen molar-refractivity contribution in [2.75, 3.05) is 13.2 Å². The Morgan fingerprint density at radius 1 is 1.20 bits per heavy atom. The summed E-state index contributed by atoms with van der Waals surface area (Å²) in [6.07, 6.45) is 3.26. The van der Waals surface area contributed by atoms with E-state index in [0.29, 0.717) is 33.6 Å². The Balaban J connectivity index is 1.86. The quantitative estimate of drug-likeness (QED) is 0.378. The van der Waals surface area contributed by atoms with Gasteiger partial charge in [-0.25, -0.2) is 0 Å². The number of thioether (sulfide) groups is 1. The van der Waals surface area contributed by atoms with Crippen LogP contribution >= 0.6 is 23.4 Å². The van der Waals surface area contributed by atoms with Gasteiger partial charge in [0, 0.05) is 0 Å². The van der Waals surface area contributed by atoms with Gasteiger partial charge in [-0.2, -0.15) is 0 Å². The first-order valence-electron chi connectivity index (χ1n) is 9.44. The lowest BCUT2D eigenvalue weighted by Crippen LogP contribution is -2.27. The van der Waals surface area contributed by atoms with Gasteiger partial charge < -0.3 is 9.47 Å². The Morgan fingerprint density at radius 2 is 2.00 bits per heavy atom. The maximum Gasteiger partial charge on any atom is 0.293 e. The molecule has 1 saturated heterocycles. The van der Waals surface area contributed by atoms with Gasteiger partial charge in [0.25, 0.3) is 11.1 Å². The highest BCUT2D eigenvalue weighted by atomic mass is 35.5. The maximum absolute atomic E-state index is 12.8. The Kier molecular flexibility index (Phi) is 7.24. The van der Waals surface area contributed by atoms with Crippen molar-refractivity contribution in [1.82, 2.24) is 4.90 Å². The SMILES string of the molecule is C=CCOc1c(Cl)cc(/C=C2/SC(=O)N(Cc3cccc(C)c3)C2=O)cc1OCC. The fourth-order valence-electron chi connectivity index (χ4n) is 3.00. The van der Waals surface area contributed by atoms with Crippen molar-refractivity contribution < 1.29 is 19.1 Å². The lowest BCUT2D eigenvalue weighted by atomic mass is 10.1. The fourth-order valence-corrected chi connectivity index (χ4v) is 4.11. The van der Waals surface area contributed by atoms with Crippen LogP contribution in [-0.2, 0) is 11.3 Å². The van der Waals surface area contributed by atoms with E-state index in [1.807, 2.05) is 38.1 Å². The van der Waals surface area contributed by atoms with Crippen LogP contribution in [0.4, 0.5) is 4.79 Å². The van der Waals surface area contributed by atoms with Gasteiger partial charge in [0.1, 0.15) is 6.61 Å². The van der Waals surface area contributed by atoms with E-state index in [2.05, 4.69) is 6.58 Å². The molecule has 0 bridgehead atoms. The zero-order valence-electron chi connectivity index (χ0n) is 16.8. The van der Waals surface area contributed by atoms with Gasteiger partial charge in [0.2, 0.25) is 0 Å². The zero-order chi connectivity index (χ0) is 21.7. The summed E-state index contributed by atoms with van der Waals surface area (Å²) in [4.78, 5) is 26.8. The van der Waals surface area contributed by atoms with Crippen LogP contribution in [0.3, 0.4) is 0 Å². The number of rotatable bonds is 8. The Morgan fingerprint density at radius 3 is 2.70 bits per heavy atom. The monoisotopic (exact) mass is 443 g/mol. The summed E-state index contributed by atoms with van der Waals surface area (Å²) in [5.41, 5.74) is 2.63. The molecule has 30 heavy (non-hydrogen) atoms. The summed E-state index contributed by atoms with van der Waals surface area (Å²) in [5, 5.41) is 0.0582. The van der Waals surface area contributed by atoms with Crippen molar-refractivity contribution in [2.24, 2.45) is 0 Å². The second-order valence-electron chi connectivity index (χ2n) is 6.62. The van der Waals surface area contributed by atoms with E-state index in [4.69, 9.17) is 21.1 Å². The van der Waals surface area contributed by atoms with Crippen LogP contribution in [0.15, 0.2) is 54.0 Å². The minimum Gasteiger partial charge on any atom is -0.490 e. The molecule has 0 spiro atoms. The van der Waals surface area contributed by atoms with Gasteiger partial charge in [0.05, 0.1) is 23.1 Å². The molecule has 0 saturated carbocycles.